The van der Waals surface area contributed by atoms with Crippen LogP contribution in [0.4, 0.5) is 4.79 Å². The number of rotatable bonds is 2. The van der Waals surface area contributed by atoms with Crippen LogP contribution in [0.15, 0.2) is 24.3 Å². The maximum absolute atomic E-state index is 12.2. The standard InChI is InChI=1S/C19H28N2O2/c1-13(20)14-5-7-15(8-6-14)19-9-10-21(12-16(19)11-19)17(22)23-18(2,3)4/h5-8,13,16H,9-12,20H2,1-4H3. The van der Waals surface area contributed by atoms with E-state index in [0.717, 1.165) is 19.5 Å². The zero-order valence-electron chi connectivity index (χ0n) is 14.6. The van der Waals surface area contributed by atoms with Crippen molar-refractivity contribution in [2.24, 2.45) is 11.7 Å². The second-order valence-corrected chi connectivity index (χ2v) is 8.14. The summed E-state index contributed by atoms with van der Waals surface area (Å²) in [4.78, 5) is 14.1. The summed E-state index contributed by atoms with van der Waals surface area (Å²) in [6.45, 7) is 9.33. The maximum atomic E-state index is 12.2. The number of hydrogen-bond donors (Lipinski definition) is 1. The summed E-state index contributed by atoms with van der Waals surface area (Å²) < 4.78 is 5.50. The molecule has 126 valence electrons. The topological polar surface area (TPSA) is 55.6 Å². The van der Waals surface area contributed by atoms with E-state index in [1.165, 1.54) is 17.5 Å². The molecule has 2 N–H and O–H groups in total. The summed E-state index contributed by atoms with van der Waals surface area (Å²) in [5.74, 6) is 0.560. The van der Waals surface area contributed by atoms with Gasteiger partial charge in [0, 0.05) is 24.5 Å². The molecule has 1 amide bonds. The predicted molar refractivity (Wildman–Crippen MR) is 91.3 cm³/mol. The van der Waals surface area contributed by atoms with E-state index in [0.29, 0.717) is 5.92 Å². The van der Waals surface area contributed by atoms with Gasteiger partial charge in [0.05, 0.1) is 0 Å². The van der Waals surface area contributed by atoms with Crippen molar-refractivity contribution >= 4 is 6.09 Å². The van der Waals surface area contributed by atoms with Crippen LogP contribution in [-0.2, 0) is 10.2 Å². The number of nitrogens with two attached hydrogens (primary N) is 1. The molecule has 4 heteroatoms. The Labute approximate surface area is 139 Å². The summed E-state index contributed by atoms with van der Waals surface area (Å²) >= 11 is 0. The van der Waals surface area contributed by atoms with Crippen molar-refractivity contribution in [3.63, 3.8) is 0 Å². The summed E-state index contributed by atoms with van der Waals surface area (Å²) in [7, 11) is 0. The van der Waals surface area contributed by atoms with Gasteiger partial charge in [-0.25, -0.2) is 4.79 Å². The van der Waals surface area contributed by atoms with Crippen molar-refractivity contribution in [2.45, 2.75) is 57.6 Å². The van der Waals surface area contributed by atoms with E-state index in [9.17, 15) is 4.79 Å². The molecule has 1 aliphatic heterocycles. The van der Waals surface area contributed by atoms with Gasteiger partial charge in [-0.2, -0.15) is 0 Å². The highest BCUT2D eigenvalue weighted by Crippen LogP contribution is 2.59. The highest BCUT2D eigenvalue weighted by atomic mass is 16.6. The molecule has 4 nitrogen and oxygen atoms in total. The molecule has 1 aromatic rings. The van der Waals surface area contributed by atoms with Crippen LogP contribution in [0.3, 0.4) is 0 Å². The fourth-order valence-electron chi connectivity index (χ4n) is 3.73. The molecule has 1 saturated heterocycles. The second kappa shape index (κ2) is 5.52. The van der Waals surface area contributed by atoms with Gasteiger partial charge < -0.3 is 15.4 Å². The molecule has 0 spiro atoms. The SMILES string of the molecule is CC(N)c1ccc(C23CCN(C(=O)OC(C)(C)C)CC2C3)cc1. The van der Waals surface area contributed by atoms with Crippen LogP contribution in [-0.4, -0.2) is 29.7 Å². The number of benzene rings is 1. The Kier molecular flexibility index (Phi) is 3.91. The average molecular weight is 316 g/mol. The highest BCUT2D eigenvalue weighted by molar-refractivity contribution is 5.68. The number of amides is 1. The van der Waals surface area contributed by atoms with Crippen LogP contribution < -0.4 is 5.73 Å². The average Bonchev–Trinajstić information content (AvgIpc) is 3.20. The molecule has 1 aliphatic carbocycles. The largest absolute Gasteiger partial charge is 0.444 e. The van der Waals surface area contributed by atoms with Crippen molar-refractivity contribution in [2.75, 3.05) is 13.1 Å². The van der Waals surface area contributed by atoms with Gasteiger partial charge in [-0.1, -0.05) is 24.3 Å². The second-order valence-electron chi connectivity index (χ2n) is 8.14. The number of nitrogens with zero attached hydrogens (tertiary/aromatic N) is 1. The number of fused-ring (bicyclic) bond motifs is 1. The fraction of sp³-hybridized carbons (Fsp3) is 0.632. The molecule has 1 heterocycles. The van der Waals surface area contributed by atoms with E-state index in [1.54, 1.807) is 0 Å². The van der Waals surface area contributed by atoms with Crippen LogP contribution in [0.5, 0.6) is 0 Å². The van der Waals surface area contributed by atoms with Crippen LogP contribution in [0, 0.1) is 5.92 Å². The molecule has 2 aliphatic rings. The predicted octanol–water partition coefficient (Wildman–Crippen LogP) is 3.60. The number of piperidine rings is 1. The van der Waals surface area contributed by atoms with E-state index in [4.69, 9.17) is 10.5 Å². The summed E-state index contributed by atoms with van der Waals surface area (Å²) in [6.07, 6.45) is 2.02. The van der Waals surface area contributed by atoms with E-state index in [-0.39, 0.29) is 17.6 Å². The number of ether oxygens (including phenoxy) is 1. The number of carbonyl (C=O) groups excluding carboxylic acids is 1. The van der Waals surface area contributed by atoms with E-state index in [1.807, 2.05) is 32.6 Å². The Morgan fingerprint density at radius 2 is 2.00 bits per heavy atom. The molecule has 1 saturated carbocycles. The molecule has 3 rings (SSSR count). The molecule has 3 atom stereocenters. The van der Waals surface area contributed by atoms with Gasteiger partial charge in [-0.3, -0.25) is 0 Å². The molecule has 3 unspecified atom stereocenters. The van der Waals surface area contributed by atoms with Crippen LogP contribution >= 0.6 is 0 Å². The minimum atomic E-state index is -0.427. The molecule has 2 fully saturated rings. The number of hydrogen-bond acceptors (Lipinski definition) is 3. The van der Waals surface area contributed by atoms with Crippen LogP contribution in [0.1, 0.15) is 57.7 Å². The van der Waals surface area contributed by atoms with Crippen LogP contribution in [0.2, 0.25) is 0 Å². The smallest absolute Gasteiger partial charge is 0.410 e. The molecule has 0 aromatic heterocycles. The Morgan fingerprint density at radius 3 is 2.52 bits per heavy atom. The summed E-state index contributed by atoms with van der Waals surface area (Å²) in [5.41, 5.74) is 8.35. The first-order valence-electron chi connectivity index (χ1n) is 8.55. The lowest BCUT2D eigenvalue weighted by Crippen LogP contribution is -2.43. The van der Waals surface area contributed by atoms with E-state index in [2.05, 4.69) is 24.3 Å². The molecular weight excluding hydrogens is 288 g/mol. The Hall–Kier alpha value is -1.55. The molecule has 0 bridgehead atoms. The zero-order valence-corrected chi connectivity index (χ0v) is 14.6. The first-order valence-corrected chi connectivity index (χ1v) is 8.55. The molecule has 1 aromatic carbocycles. The summed E-state index contributed by atoms with van der Waals surface area (Å²) in [6, 6.07) is 8.81. The quantitative estimate of drug-likeness (QED) is 0.907. The fourth-order valence-corrected chi connectivity index (χ4v) is 3.73. The zero-order chi connectivity index (χ0) is 16.8. The van der Waals surface area contributed by atoms with Gasteiger partial charge in [-0.05, 0) is 57.6 Å². The lowest BCUT2D eigenvalue weighted by atomic mass is 9.86. The Balaban J connectivity index is 1.65. The van der Waals surface area contributed by atoms with Gasteiger partial charge in [0.15, 0.2) is 0 Å². The Morgan fingerprint density at radius 1 is 1.35 bits per heavy atom. The third-order valence-electron chi connectivity index (χ3n) is 5.16. The van der Waals surface area contributed by atoms with Gasteiger partial charge in [0.1, 0.15) is 5.60 Å². The molecular formula is C19H28N2O2. The molecule has 0 radical (unpaired) electrons. The third kappa shape index (κ3) is 3.23. The first-order chi connectivity index (χ1) is 10.7. The minimum absolute atomic E-state index is 0.0746. The van der Waals surface area contributed by atoms with Crippen molar-refractivity contribution < 1.29 is 9.53 Å². The lowest BCUT2D eigenvalue weighted by molar-refractivity contribution is 0.0199. The van der Waals surface area contributed by atoms with Crippen molar-refractivity contribution in [3.05, 3.63) is 35.4 Å². The minimum Gasteiger partial charge on any atom is -0.444 e. The molecule has 23 heavy (non-hydrogen) atoms. The van der Waals surface area contributed by atoms with Crippen LogP contribution in [0.25, 0.3) is 0 Å². The van der Waals surface area contributed by atoms with Crippen molar-refractivity contribution in [3.8, 4) is 0 Å². The third-order valence-corrected chi connectivity index (χ3v) is 5.16. The van der Waals surface area contributed by atoms with Gasteiger partial charge >= 0.3 is 6.09 Å². The van der Waals surface area contributed by atoms with E-state index >= 15 is 0 Å². The first kappa shape index (κ1) is 16.3. The van der Waals surface area contributed by atoms with Gasteiger partial charge in [0.25, 0.3) is 0 Å². The lowest BCUT2D eigenvalue weighted by Gasteiger charge is -2.33. The van der Waals surface area contributed by atoms with Gasteiger partial charge in [0.2, 0.25) is 0 Å². The van der Waals surface area contributed by atoms with E-state index < -0.39 is 5.60 Å². The monoisotopic (exact) mass is 316 g/mol. The van der Waals surface area contributed by atoms with Gasteiger partial charge in [-0.15, -0.1) is 0 Å². The highest BCUT2D eigenvalue weighted by Gasteiger charge is 2.58. The normalized spacial score (nSPS) is 28.0. The summed E-state index contributed by atoms with van der Waals surface area (Å²) in [5, 5.41) is 0. The van der Waals surface area contributed by atoms with Crippen molar-refractivity contribution in [1.29, 1.82) is 0 Å². The Bertz CT molecular complexity index is 588. The number of carbonyl (C=O) groups is 1. The number of likely N-dealkylation sites (tertiary alicyclic amines) is 1. The maximum Gasteiger partial charge on any atom is 0.410 e. The van der Waals surface area contributed by atoms with Crippen molar-refractivity contribution in [1.82, 2.24) is 4.90 Å².